The van der Waals surface area contributed by atoms with Crippen LogP contribution in [0.4, 0.5) is 11.6 Å². The maximum atomic E-state index is 13.2. The van der Waals surface area contributed by atoms with E-state index in [1.807, 2.05) is 23.1 Å². The van der Waals surface area contributed by atoms with Crippen molar-refractivity contribution in [1.82, 2.24) is 29.8 Å². The van der Waals surface area contributed by atoms with E-state index in [4.69, 9.17) is 11.6 Å². The number of hydrogen-bond donors (Lipinski definition) is 1. The highest BCUT2D eigenvalue weighted by molar-refractivity contribution is 6.28. The first-order chi connectivity index (χ1) is 14.7. The number of carbonyl (C=O) groups is 1. The van der Waals surface area contributed by atoms with E-state index in [2.05, 4.69) is 34.7 Å². The highest BCUT2D eigenvalue weighted by atomic mass is 35.5. The zero-order valence-corrected chi connectivity index (χ0v) is 17.3. The van der Waals surface area contributed by atoms with Crippen molar-refractivity contribution in [1.29, 1.82) is 0 Å². The number of piperazine rings is 1. The number of anilines is 2. The fraction of sp³-hybridized carbons (Fsp3) is 0.450. The number of fused-ring (bicyclic) bond motifs is 1. The van der Waals surface area contributed by atoms with Gasteiger partial charge in [0.2, 0.25) is 11.2 Å². The Morgan fingerprint density at radius 2 is 1.93 bits per heavy atom. The van der Waals surface area contributed by atoms with Crippen LogP contribution in [0.2, 0.25) is 5.28 Å². The second-order valence-corrected chi connectivity index (χ2v) is 8.04. The molecule has 3 aromatic heterocycles. The average molecular weight is 427 g/mol. The van der Waals surface area contributed by atoms with Gasteiger partial charge in [-0.25, -0.2) is 9.97 Å². The lowest BCUT2D eigenvalue weighted by atomic mass is 9.96. The van der Waals surface area contributed by atoms with Gasteiger partial charge in [0.05, 0.1) is 12.2 Å². The maximum Gasteiger partial charge on any atom is 0.227 e. The van der Waals surface area contributed by atoms with Crippen molar-refractivity contribution in [3.05, 3.63) is 36.0 Å². The predicted octanol–water partition coefficient (Wildman–Crippen LogP) is 1.97. The van der Waals surface area contributed by atoms with Gasteiger partial charge in [0.25, 0.3) is 0 Å². The highest BCUT2D eigenvalue weighted by Gasteiger charge is 2.32. The summed E-state index contributed by atoms with van der Waals surface area (Å²) in [7, 11) is 0. The molecule has 30 heavy (non-hydrogen) atoms. The van der Waals surface area contributed by atoms with Crippen LogP contribution in [0, 0.1) is 5.92 Å². The number of hydrogen-bond acceptors (Lipinski definition) is 7. The number of piperidine rings is 1. The number of nitrogens with one attached hydrogen (secondary N) is 1. The van der Waals surface area contributed by atoms with Gasteiger partial charge < -0.3 is 19.7 Å². The molecule has 2 aliphatic rings. The van der Waals surface area contributed by atoms with Crippen molar-refractivity contribution < 1.29 is 4.79 Å². The third-order valence-electron chi connectivity index (χ3n) is 5.87. The van der Waals surface area contributed by atoms with Gasteiger partial charge in [-0.2, -0.15) is 9.97 Å². The Morgan fingerprint density at radius 3 is 2.73 bits per heavy atom. The molecule has 3 aromatic rings. The summed E-state index contributed by atoms with van der Waals surface area (Å²) in [6.07, 6.45) is 5.22. The van der Waals surface area contributed by atoms with E-state index in [1.165, 1.54) is 0 Å². The summed E-state index contributed by atoms with van der Waals surface area (Å²) in [5.74, 6) is 1.87. The first kappa shape index (κ1) is 19.0. The van der Waals surface area contributed by atoms with Gasteiger partial charge in [-0.1, -0.05) is 6.07 Å². The summed E-state index contributed by atoms with van der Waals surface area (Å²) in [5.41, 5.74) is 1.31. The van der Waals surface area contributed by atoms with Gasteiger partial charge in [-0.05, 0) is 36.6 Å². The first-order valence-electron chi connectivity index (χ1n) is 10.3. The van der Waals surface area contributed by atoms with Crippen molar-refractivity contribution in [2.75, 3.05) is 49.1 Å². The molecule has 1 N–H and O–H groups in total. The third kappa shape index (κ3) is 3.65. The zero-order valence-electron chi connectivity index (χ0n) is 16.5. The Labute approximate surface area is 179 Å². The molecule has 1 amide bonds. The molecule has 5 rings (SSSR count). The third-order valence-corrected chi connectivity index (χ3v) is 6.04. The largest absolute Gasteiger partial charge is 0.354 e. The van der Waals surface area contributed by atoms with Crippen molar-refractivity contribution in [3.63, 3.8) is 0 Å². The van der Waals surface area contributed by atoms with E-state index >= 15 is 0 Å². The molecule has 2 saturated heterocycles. The normalized spacial score (nSPS) is 20.0. The fourth-order valence-electron chi connectivity index (χ4n) is 4.35. The molecule has 1 atom stereocenters. The van der Waals surface area contributed by atoms with Gasteiger partial charge in [0, 0.05) is 45.5 Å². The fourth-order valence-corrected chi connectivity index (χ4v) is 4.51. The summed E-state index contributed by atoms with van der Waals surface area (Å²) in [6.45, 7) is 4.50. The minimum Gasteiger partial charge on any atom is -0.354 e. The lowest BCUT2D eigenvalue weighted by molar-refractivity contribution is -0.136. The Kier molecular flexibility index (Phi) is 5.12. The minimum absolute atomic E-state index is 0.0492. The number of amides is 1. The molecule has 0 radical (unpaired) electrons. The van der Waals surface area contributed by atoms with Crippen molar-refractivity contribution in [3.8, 4) is 0 Å². The van der Waals surface area contributed by atoms with E-state index < -0.39 is 0 Å². The quantitative estimate of drug-likeness (QED) is 0.640. The molecule has 156 valence electrons. The van der Waals surface area contributed by atoms with Gasteiger partial charge >= 0.3 is 0 Å². The monoisotopic (exact) mass is 426 g/mol. The predicted molar refractivity (Wildman–Crippen MR) is 115 cm³/mol. The second-order valence-electron chi connectivity index (χ2n) is 7.70. The first-order valence-corrected chi connectivity index (χ1v) is 10.6. The lowest BCUT2D eigenvalue weighted by Crippen LogP contribution is -2.52. The molecular formula is C20H23ClN8O. The Bertz CT molecular complexity index is 1030. The molecule has 0 aromatic carbocycles. The van der Waals surface area contributed by atoms with Crippen LogP contribution in [0.3, 0.4) is 0 Å². The number of rotatable bonds is 3. The zero-order chi connectivity index (χ0) is 20.5. The number of pyridine rings is 1. The topological polar surface area (TPSA) is 94.1 Å². The molecule has 2 fully saturated rings. The Hall–Kier alpha value is -2.94. The minimum atomic E-state index is -0.0492. The molecule has 1 unspecified atom stereocenters. The number of aromatic amines is 1. The molecule has 5 heterocycles. The molecule has 2 aliphatic heterocycles. The van der Waals surface area contributed by atoms with E-state index in [1.54, 1.807) is 12.5 Å². The molecular weight excluding hydrogens is 404 g/mol. The van der Waals surface area contributed by atoms with Crippen LogP contribution in [0.5, 0.6) is 0 Å². The van der Waals surface area contributed by atoms with E-state index in [-0.39, 0.29) is 17.1 Å². The summed E-state index contributed by atoms with van der Waals surface area (Å²) in [5, 5.41) is 0.170. The van der Waals surface area contributed by atoms with Gasteiger partial charge in [0.15, 0.2) is 11.5 Å². The van der Waals surface area contributed by atoms with Crippen molar-refractivity contribution in [2.24, 2.45) is 5.92 Å². The van der Waals surface area contributed by atoms with Gasteiger partial charge in [-0.3, -0.25) is 4.79 Å². The van der Waals surface area contributed by atoms with Crippen LogP contribution in [0.25, 0.3) is 11.2 Å². The van der Waals surface area contributed by atoms with E-state index in [0.29, 0.717) is 12.2 Å². The van der Waals surface area contributed by atoms with Crippen LogP contribution < -0.4 is 9.80 Å². The van der Waals surface area contributed by atoms with Crippen molar-refractivity contribution >= 4 is 40.3 Å². The summed E-state index contributed by atoms with van der Waals surface area (Å²) in [6, 6.07) is 5.92. The second kappa shape index (κ2) is 8.06. The molecule has 10 heteroatoms. The summed E-state index contributed by atoms with van der Waals surface area (Å²) < 4.78 is 0. The van der Waals surface area contributed by atoms with E-state index in [0.717, 1.165) is 62.7 Å². The van der Waals surface area contributed by atoms with Crippen LogP contribution in [0.1, 0.15) is 12.8 Å². The Balaban J connectivity index is 1.26. The van der Waals surface area contributed by atoms with Crippen molar-refractivity contribution in [2.45, 2.75) is 12.8 Å². The van der Waals surface area contributed by atoms with Crippen LogP contribution >= 0.6 is 11.6 Å². The smallest absolute Gasteiger partial charge is 0.227 e. The standard InChI is InChI=1S/C20H23ClN8O/c21-20-25-17-16(23-13-24-17)18(26-20)29-7-3-4-14(12-29)19(30)28-10-8-27(9-11-28)15-5-1-2-6-22-15/h1-2,5-6,13-14H,3-4,7-12H2,(H,23,24,25,26). The molecule has 0 saturated carbocycles. The van der Waals surface area contributed by atoms with Crippen LogP contribution in [-0.2, 0) is 4.79 Å². The number of imidazole rings is 1. The van der Waals surface area contributed by atoms with Crippen LogP contribution in [0.15, 0.2) is 30.7 Å². The van der Waals surface area contributed by atoms with Gasteiger partial charge in [-0.15, -0.1) is 0 Å². The molecule has 0 bridgehead atoms. The average Bonchev–Trinajstić information content (AvgIpc) is 3.27. The number of H-pyrrole nitrogens is 1. The van der Waals surface area contributed by atoms with Gasteiger partial charge in [0.1, 0.15) is 11.3 Å². The SMILES string of the molecule is O=C(C1CCCN(c2nc(Cl)nc3nc[nH]c23)C1)N1CCN(c2ccccn2)CC1. The summed E-state index contributed by atoms with van der Waals surface area (Å²) >= 11 is 6.10. The Morgan fingerprint density at radius 1 is 1.07 bits per heavy atom. The molecule has 0 aliphatic carbocycles. The number of carbonyl (C=O) groups excluding carboxylic acids is 1. The lowest BCUT2D eigenvalue weighted by Gasteiger charge is -2.39. The highest BCUT2D eigenvalue weighted by Crippen LogP contribution is 2.28. The maximum absolute atomic E-state index is 13.2. The van der Waals surface area contributed by atoms with Crippen LogP contribution in [-0.4, -0.2) is 75.0 Å². The number of nitrogens with zero attached hydrogens (tertiary/aromatic N) is 7. The number of halogens is 1. The summed E-state index contributed by atoms with van der Waals surface area (Å²) in [4.78, 5) is 39.9. The van der Waals surface area contributed by atoms with E-state index in [9.17, 15) is 4.79 Å². The molecule has 9 nitrogen and oxygen atoms in total. The molecule has 0 spiro atoms. The number of aromatic nitrogens is 5.